The van der Waals surface area contributed by atoms with Crippen molar-refractivity contribution in [3.05, 3.63) is 71.3 Å². The summed E-state index contributed by atoms with van der Waals surface area (Å²) in [6, 6.07) is 17.7. The molecule has 1 amide bonds. The molecule has 0 radical (unpaired) electrons. The predicted octanol–water partition coefficient (Wildman–Crippen LogP) is 2.64. The quantitative estimate of drug-likeness (QED) is 0.786. The molecule has 2 aromatic carbocycles. The third-order valence-corrected chi connectivity index (χ3v) is 3.17. The number of nitrogens with zero attached hydrogens (tertiary/aromatic N) is 2. The van der Waals surface area contributed by atoms with Gasteiger partial charge in [0.1, 0.15) is 17.2 Å². The molecule has 106 valence electrons. The topological polar surface area (TPSA) is 92.4 Å². The lowest BCUT2D eigenvalue weighted by molar-refractivity contribution is 0.100. The SMILES string of the molecule is N#Cc1cc2ccccc2oc1=Nc1ccccc1C(N)=O. The third kappa shape index (κ3) is 2.45. The van der Waals surface area contributed by atoms with E-state index >= 15 is 0 Å². The first-order chi connectivity index (χ1) is 10.7. The van der Waals surface area contributed by atoms with Crippen molar-refractivity contribution in [3.63, 3.8) is 0 Å². The summed E-state index contributed by atoms with van der Waals surface area (Å²) < 4.78 is 5.68. The smallest absolute Gasteiger partial charge is 0.250 e. The van der Waals surface area contributed by atoms with Crippen molar-refractivity contribution < 1.29 is 9.21 Å². The second-order valence-corrected chi connectivity index (χ2v) is 4.61. The van der Waals surface area contributed by atoms with E-state index in [-0.39, 0.29) is 16.7 Å². The van der Waals surface area contributed by atoms with Gasteiger partial charge in [-0.15, -0.1) is 0 Å². The van der Waals surface area contributed by atoms with E-state index in [9.17, 15) is 10.1 Å². The molecule has 5 nitrogen and oxygen atoms in total. The Balaban J connectivity index is 2.30. The zero-order valence-corrected chi connectivity index (χ0v) is 11.5. The lowest BCUT2D eigenvalue weighted by Crippen LogP contribution is -2.12. The summed E-state index contributed by atoms with van der Waals surface area (Å²) in [5.74, 6) is -0.585. The minimum atomic E-state index is -0.585. The van der Waals surface area contributed by atoms with Crippen LogP contribution in [0.3, 0.4) is 0 Å². The number of nitrogens with two attached hydrogens (primary N) is 1. The van der Waals surface area contributed by atoms with E-state index in [0.29, 0.717) is 11.3 Å². The number of benzene rings is 2. The highest BCUT2D eigenvalue weighted by Crippen LogP contribution is 2.18. The molecule has 0 saturated carbocycles. The van der Waals surface area contributed by atoms with Crippen LogP contribution < -0.4 is 11.3 Å². The highest BCUT2D eigenvalue weighted by Gasteiger charge is 2.08. The number of amides is 1. The number of para-hydroxylation sites is 2. The van der Waals surface area contributed by atoms with Gasteiger partial charge in [0, 0.05) is 5.39 Å². The summed E-state index contributed by atoms with van der Waals surface area (Å²) in [7, 11) is 0. The van der Waals surface area contributed by atoms with Crippen molar-refractivity contribution in [1.29, 1.82) is 5.26 Å². The Morgan fingerprint density at radius 2 is 1.86 bits per heavy atom. The molecule has 0 bridgehead atoms. The van der Waals surface area contributed by atoms with Crippen LogP contribution >= 0.6 is 0 Å². The minimum absolute atomic E-state index is 0.148. The van der Waals surface area contributed by atoms with Gasteiger partial charge in [-0.05, 0) is 24.3 Å². The molecule has 3 aromatic rings. The van der Waals surface area contributed by atoms with Gasteiger partial charge in [-0.1, -0.05) is 30.3 Å². The Morgan fingerprint density at radius 1 is 1.14 bits per heavy atom. The molecule has 0 saturated heterocycles. The van der Waals surface area contributed by atoms with Crippen molar-refractivity contribution in [1.82, 2.24) is 0 Å². The first-order valence-corrected chi connectivity index (χ1v) is 6.55. The standard InChI is InChI=1S/C17H11N3O2/c18-10-12-9-11-5-1-4-8-15(11)22-17(12)20-14-7-3-2-6-13(14)16(19)21/h1-9H,(H2,19,21). The summed E-state index contributed by atoms with van der Waals surface area (Å²) in [5, 5.41) is 10.1. The fourth-order valence-corrected chi connectivity index (χ4v) is 2.12. The molecule has 1 heterocycles. The molecule has 2 N–H and O–H groups in total. The van der Waals surface area contributed by atoms with Crippen LogP contribution in [0.15, 0.2) is 64.0 Å². The average Bonchev–Trinajstić information content (AvgIpc) is 2.54. The zero-order chi connectivity index (χ0) is 15.5. The number of rotatable bonds is 2. The van der Waals surface area contributed by atoms with Gasteiger partial charge in [0.25, 0.3) is 5.91 Å². The monoisotopic (exact) mass is 289 g/mol. The van der Waals surface area contributed by atoms with Gasteiger partial charge in [-0.2, -0.15) is 5.26 Å². The summed E-state index contributed by atoms with van der Waals surface area (Å²) in [5.41, 5.74) is 7.02. The van der Waals surface area contributed by atoms with Crippen LogP contribution in [-0.4, -0.2) is 5.91 Å². The number of carbonyl (C=O) groups is 1. The van der Waals surface area contributed by atoms with Gasteiger partial charge in [-0.3, -0.25) is 4.79 Å². The first kappa shape index (κ1) is 13.6. The van der Waals surface area contributed by atoms with E-state index in [1.54, 1.807) is 36.4 Å². The summed E-state index contributed by atoms with van der Waals surface area (Å²) in [4.78, 5) is 15.7. The van der Waals surface area contributed by atoms with E-state index in [0.717, 1.165) is 5.39 Å². The summed E-state index contributed by atoms with van der Waals surface area (Å²) in [6.45, 7) is 0. The largest absolute Gasteiger partial charge is 0.437 e. The number of primary amides is 1. The van der Waals surface area contributed by atoms with Crippen molar-refractivity contribution in [2.24, 2.45) is 10.7 Å². The molecule has 22 heavy (non-hydrogen) atoms. The third-order valence-electron chi connectivity index (χ3n) is 3.17. The van der Waals surface area contributed by atoms with Crippen molar-refractivity contribution in [3.8, 4) is 6.07 Å². The normalized spacial score (nSPS) is 11.3. The molecular formula is C17H11N3O2. The Kier molecular flexibility index (Phi) is 3.42. The molecular weight excluding hydrogens is 278 g/mol. The molecule has 1 aromatic heterocycles. The lowest BCUT2D eigenvalue weighted by atomic mass is 10.1. The van der Waals surface area contributed by atoms with Crippen LogP contribution in [-0.2, 0) is 0 Å². The molecule has 3 rings (SSSR count). The summed E-state index contributed by atoms with van der Waals surface area (Å²) >= 11 is 0. The van der Waals surface area contributed by atoms with E-state index in [1.807, 2.05) is 18.2 Å². The van der Waals surface area contributed by atoms with E-state index in [1.165, 1.54) is 0 Å². The van der Waals surface area contributed by atoms with E-state index in [2.05, 4.69) is 11.1 Å². The Bertz CT molecular complexity index is 981. The zero-order valence-electron chi connectivity index (χ0n) is 11.5. The lowest BCUT2D eigenvalue weighted by Gasteiger charge is -2.02. The minimum Gasteiger partial charge on any atom is -0.437 e. The van der Waals surface area contributed by atoms with Crippen LogP contribution in [0.5, 0.6) is 0 Å². The maximum Gasteiger partial charge on any atom is 0.250 e. The second-order valence-electron chi connectivity index (χ2n) is 4.61. The Morgan fingerprint density at radius 3 is 2.64 bits per heavy atom. The molecule has 0 aliphatic rings. The maximum atomic E-state index is 11.4. The van der Waals surface area contributed by atoms with Gasteiger partial charge in [-0.25, -0.2) is 4.99 Å². The van der Waals surface area contributed by atoms with Gasteiger partial charge >= 0.3 is 0 Å². The number of carbonyl (C=O) groups excluding carboxylic acids is 1. The van der Waals surface area contributed by atoms with Crippen LogP contribution in [0, 0.1) is 11.3 Å². The van der Waals surface area contributed by atoms with Crippen molar-refractivity contribution >= 4 is 22.6 Å². The van der Waals surface area contributed by atoms with Gasteiger partial charge in [0.05, 0.1) is 11.3 Å². The van der Waals surface area contributed by atoms with Crippen LogP contribution in [0.4, 0.5) is 5.69 Å². The summed E-state index contributed by atoms with van der Waals surface area (Å²) in [6.07, 6.45) is 0. The van der Waals surface area contributed by atoms with Crippen molar-refractivity contribution in [2.45, 2.75) is 0 Å². The maximum absolute atomic E-state index is 11.4. The van der Waals surface area contributed by atoms with E-state index < -0.39 is 5.91 Å². The molecule has 0 fully saturated rings. The van der Waals surface area contributed by atoms with E-state index in [4.69, 9.17) is 10.2 Å². The second kappa shape index (κ2) is 5.54. The fraction of sp³-hybridized carbons (Fsp3) is 0. The number of hydrogen-bond acceptors (Lipinski definition) is 4. The highest BCUT2D eigenvalue weighted by molar-refractivity contribution is 5.97. The number of nitriles is 1. The van der Waals surface area contributed by atoms with Crippen LogP contribution in [0.2, 0.25) is 0 Å². The molecule has 0 spiro atoms. The number of hydrogen-bond donors (Lipinski definition) is 1. The molecule has 0 atom stereocenters. The van der Waals surface area contributed by atoms with Gasteiger partial charge < -0.3 is 10.2 Å². The van der Waals surface area contributed by atoms with Gasteiger partial charge in [0.15, 0.2) is 0 Å². The average molecular weight is 289 g/mol. The van der Waals surface area contributed by atoms with Crippen LogP contribution in [0.25, 0.3) is 11.0 Å². The predicted molar refractivity (Wildman–Crippen MR) is 81.1 cm³/mol. The van der Waals surface area contributed by atoms with Crippen LogP contribution in [0.1, 0.15) is 15.9 Å². The first-order valence-electron chi connectivity index (χ1n) is 6.55. The number of fused-ring (bicyclic) bond motifs is 1. The highest BCUT2D eigenvalue weighted by atomic mass is 16.3. The molecule has 0 aliphatic carbocycles. The van der Waals surface area contributed by atoms with Gasteiger partial charge in [0.2, 0.25) is 5.55 Å². The molecule has 0 aliphatic heterocycles. The fourth-order valence-electron chi connectivity index (χ4n) is 2.12. The van der Waals surface area contributed by atoms with Crippen molar-refractivity contribution in [2.75, 3.05) is 0 Å². The molecule has 0 unspecified atom stereocenters. The molecule has 5 heteroatoms. The Labute approximate surface area is 125 Å². The Hall–Kier alpha value is -3.39.